The largest absolute Gasteiger partial charge is 0.355 e. The van der Waals surface area contributed by atoms with E-state index in [9.17, 15) is 13.6 Å². The number of nitrogens with zero attached hydrogens (tertiary/aromatic N) is 1. The molecule has 0 heterocycles. The Labute approximate surface area is 132 Å². The molecular weight excluding hydrogens is 300 g/mol. The lowest BCUT2D eigenvalue weighted by Gasteiger charge is -2.07. The first kappa shape index (κ1) is 16.2. The maximum Gasteiger partial charge on any atom is 0.267 e. The van der Waals surface area contributed by atoms with Crippen molar-refractivity contribution in [2.45, 2.75) is 6.92 Å². The number of halogens is 2. The first-order valence-corrected chi connectivity index (χ1v) is 6.70. The summed E-state index contributed by atoms with van der Waals surface area (Å²) in [6.07, 6.45) is 0.965. The van der Waals surface area contributed by atoms with E-state index in [2.05, 4.69) is 10.6 Å². The van der Waals surface area contributed by atoms with Crippen LogP contribution in [0.3, 0.4) is 0 Å². The van der Waals surface area contributed by atoms with Crippen molar-refractivity contribution in [2.75, 3.05) is 10.6 Å². The number of rotatable bonds is 4. The fourth-order valence-electron chi connectivity index (χ4n) is 1.85. The normalized spacial score (nSPS) is 10.8. The molecule has 2 rings (SSSR count). The highest BCUT2D eigenvalue weighted by Crippen LogP contribution is 2.18. The maximum absolute atomic E-state index is 13.5. The maximum atomic E-state index is 13.5. The monoisotopic (exact) mass is 313 g/mol. The molecule has 0 atom stereocenters. The Morgan fingerprint density at radius 3 is 2.43 bits per heavy atom. The van der Waals surface area contributed by atoms with Crippen molar-refractivity contribution < 1.29 is 13.6 Å². The number of nitriles is 1. The Hall–Kier alpha value is -3.20. The molecule has 116 valence electrons. The average molecular weight is 313 g/mol. The van der Waals surface area contributed by atoms with E-state index in [1.54, 1.807) is 24.3 Å². The molecule has 1 amide bonds. The highest BCUT2D eigenvalue weighted by molar-refractivity contribution is 6.06. The predicted octanol–water partition coefficient (Wildman–Crippen LogP) is 3.73. The number of hydrogen-bond acceptors (Lipinski definition) is 3. The lowest BCUT2D eigenvalue weighted by Crippen LogP contribution is -2.14. The zero-order chi connectivity index (χ0) is 16.8. The van der Waals surface area contributed by atoms with E-state index >= 15 is 0 Å². The molecule has 0 aliphatic rings. The third-order valence-electron chi connectivity index (χ3n) is 2.96. The molecule has 0 bridgehead atoms. The van der Waals surface area contributed by atoms with Crippen LogP contribution in [0.2, 0.25) is 0 Å². The minimum absolute atomic E-state index is 0.311. The second-order valence-electron chi connectivity index (χ2n) is 4.73. The molecule has 0 fully saturated rings. The van der Waals surface area contributed by atoms with Crippen molar-refractivity contribution in [1.82, 2.24) is 0 Å². The summed E-state index contributed by atoms with van der Waals surface area (Å²) in [5, 5.41) is 13.9. The van der Waals surface area contributed by atoms with E-state index in [1.807, 2.05) is 13.0 Å². The van der Waals surface area contributed by atoms with Gasteiger partial charge in [0.25, 0.3) is 5.91 Å². The van der Waals surface area contributed by atoms with Crippen LogP contribution < -0.4 is 10.6 Å². The summed E-state index contributed by atoms with van der Waals surface area (Å²) in [5.41, 5.74) is 0.725. The molecule has 0 spiro atoms. The second kappa shape index (κ2) is 7.18. The summed E-state index contributed by atoms with van der Waals surface area (Å²) in [6.45, 7) is 1.86. The first-order chi connectivity index (χ1) is 11.0. The van der Waals surface area contributed by atoms with Crippen molar-refractivity contribution in [1.29, 1.82) is 5.26 Å². The number of carbonyl (C=O) groups is 1. The van der Waals surface area contributed by atoms with E-state index in [-0.39, 0.29) is 5.57 Å². The van der Waals surface area contributed by atoms with Crippen LogP contribution in [-0.2, 0) is 4.79 Å². The highest BCUT2D eigenvalue weighted by atomic mass is 19.1. The van der Waals surface area contributed by atoms with Gasteiger partial charge in [0.2, 0.25) is 0 Å². The molecule has 0 saturated heterocycles. The van der Waals surface area contributed by atoms with Gasteiger partial charge in [-0.2, -0.15) is 5.26 Å². The van der Waals surface area contributed by atoms with Crippen molar-refractivity contribution in [3.63, 3.8) is 0 Å². The smallest absolute Gasteiger partial charge is 0.267 e. The molecular formula is C17H13F2N3O. The van der Waals surface area contributed by atoms with Gasteiger partial charge in [-0.15, -0.1) is 0 Å². The minimum Gasteiger partial charge on any atom is -0.355 e. The van der Waals surface area contributed by atoms with E-state index in [0.717, 1.165) is 23.9 Å². The molecule has 23 heavy (non-hydrogen) atoms. The Balaban J connectivity index is 2.16. The number of benzene rings is 2. The molecule has 0 unspecified atom stereocenters. The molecule has 6 heteroatoms. The van der Waals surface area contributed by atoms with Crippen LogP contribution in [0, 0.1) is 29.9 Å². The molecule has 0 radical (unpaired) electrons. The van der Waals surface area contributed by atoms with Gasteiger partial charge in [-0.05, 0) is 36.8 Å². The number of aryl methyl sites for hydroxylation is 1. The summed E-state index contributed by atoms with van der Waals surface area (Å²) in [6, 6.07) is 12.1. The van der Waals surface area contributed by atoms with Crippen molar-refractivity contribution in [3.8, 4) is 6.07 Å². The number of carbonyl (C=O) groups excluding carboxylic acids is 1. The number of hydrogen-bond donors (Lipinski definition) is 2. The summed E-state index contributed by atoms with van der Waals surface area (Å²) >= 11 is 0. The molecule has 4 nitrogen and oxygen atoms in total. The van der Waals surface area contributed by atoms with Crippen LogP contribution in [-0.4, -0.2) is 5.91 Å². The average Bonchev–Trinajstić information content (AvgIpc) is 2.50. The SMILES string of the molecule is Cc1cccc(NC(=O)/C(C#N)=C\Nc2c(F)cccc2F)c1. The Bertz CT molecular complexity index is 789. The van der Waals surface area contributed by atoms with Crippen LogP contribution in [0.4, 0.5) is 20.2 Å². The third-order valence-corrected chi connectivity index (χ3v) is 2.96. The Morgan fingerprint density at radius 2 is 1.83 bits per heavy atom. The number of para-hydroxylation sites is 1. The van der Waals surface area contributed by atoms with Gasteiger partial charge in [0.1, 0.15) is 29.0 Å². The summed E-state index contributed by atoms with van der Waals surface area (Å²) in [4.78, 5) is 12.0. The predicted molar refractivity (Wildman–Crippen MR) is 83.5 cm³/mol. The summed E-state index contributed by atoms with van der Waals surface area (Å²) < 4.78 is 27.0. The zero-order valence-electron chi connectivity index (χ0n) is 12.2. The van der Waals surface area contributed by atoms with Crippen molar-refractivity contribution in [3.05, 3.63) is 71.4 Å². The standard InChI is InChI=1S/C17H13F2N3O/c1-11-4-2-5-13(8-11)22-17(23)12(9-20)10-21-16-14(18)6-3-7-15(16)19/h2-8,10,21H,1H3,(H,22,23)/b12-10-. The van der Waals surface area contributed by atoms with Gasteiger partial charge in [0, 0.05) is 11.9 Å². The van der Waals surface area contributed by atoms with Crippen LogP contribution in [0.15, 0.2) is 54.2 Å². The molecule has 0 aliphatic heterocycles. The lowest BCUT2D eigenvalue weighted by molar-refractivity contribution is -0.112. The fraction of sp³-hybridized carbons (Fsp3) is 0.0588. The van der Waals surface area contributed by atoms with E-state index in [4.69, 9.17) is 5.26 Å². The minimum atomic E-state index is -0.822. The topological polar surface area (TPSA) is 64.9 Å². The number of nitrogens with one attached hydrogen (secondary N) is 2. The molecule has 0 aliphatic carbocycles. The quantitative estimate of drug-likeness (QED) is 0.667. The molecule has 2 aromatic carbocycles. The third kappa shape index (κ3) is 4.14. The van der Waals surface area contributed by atoms with Gasteiger partial charge in [-0.1, -0.05) is 18.2 Å². The lowest BCUT2D eigenvalue weighted by atomic mass is 10.2. The van der Waals surface area contributed by atoms with Crippen LogP contribution >= 0.6 is 0 Å². The van der Waals surface area contributed by atoms with Crippen molar-refractivity contribution >= 4 is 17.3 Å². The summed E-state index contributed by atoms with van der Waals surface area (Å²) in [5.74, 6) is -2.32. The van der Waals surface area contributed by atoms with Gasteiger partial charge in [0.05, 0.1) is 0 Å². The molecule has 2 N–H and O–H groups in total. The van der Waals surface area contributed by atoms with Gasteiger partial charge < -0.3 is 10.6 Å². The second-order valence-corrected chi connectivity index (χ2v) is 4.73. The van der Waals surface area contributed by atoms with E-state index in [0.29, 0.717) is 5.69 Å². The van der Waals surface area contributed by atoms with E-state index < -0.39 is 23.2 Å². The first-order valence-electron chi connectivity index (χ1n) is 6.70. The Morgan fingerprint density at radius 1 is 1.17 bits per heavy atom. The van der Waals surface area contributed by atoms with Gasteiger partial charge >= 0.3 is 0 Å². The number of amides is 1. The van der Waals surface area contributed by atoms with Crippen LogP contribution in [0.25, 0.3) is 0 Å². The Kier molecular flexibility index (Phi) is 5.05. The van der Waals surface area contributed by atoms with Crippen LogP contribution in [0.5, 0.6) is 0 Å². The van der Waals surface area contributed by atoms with Crippen molar-refractivity contribution in [2.24, 2.45) is 0 Å². The molecule has 2 aromatic rings. The molecule has 0 aromatic heterocycles. The fourth-order valence-corrected chi connectivity index (χ4v) is 1.85. The van der Waals surface area contributed by atoms with Gasteiger partial charge in [0.15, 0.2) is 0 Å². The highest BCUT2D eigenvalue weighted by Gasteiger charge is 2.11. The van der Waals surface area contributed by atoms with Crippen LogP contribution in [0.1, 0.15) is 5.56 Å². The van der Waals surface area contributed by atoms with Gasteiger partial charge in [-0.3, -0.25) is 4.79 Å². The number of anilines is 2. The van der Waals surface area contributed by atoms with E-state index in [1.165, 1.54) is 6.07 Å². The van der Waals surface area contributed by atoms with Gasteiger partial charge in [-0.25, -0.2) is 8.78 Å². The zero-order valence-corrected chi connectivity index (χ0v) is 12.2. The molecule has 0 saturated carbocycles. The summed E-state index contributed by atoms with van der Waals surface area (Å²) in [7, 11) is 0.